The molecule has 154 valence electrons. The van der Waals surface area contributed by atoms with E-state index in [1.54, 1.807) is 16.8 Å². The number of carbonyl (C=O) groups excluding carboxylic acids is 1. The quantitative estimate of drug-likeness (QED) is 0.429. The van der Waals surface area contributed by atoms with Gasteiger partial charge in [-0.2, -0.15) is 4.98 Å². The lowest BCUT2D eigenvalue weighted by Crippen LogP contribution is -2.53. The van der Waals surface area contributed by atoms with Crippen molar-refractivity contribution in [2.24, 2.45) is 0 Å². The van der Waals surface area contributed by atoms with E-state index < -0.39 is 32.9 Å². The minimum absolute atomic E-state index is 0.0285. The van der Waals surface area contributed by atoms with Gasteiger partial charge < -0.3 is 24.6 Å². The Labute approximate surface area is 170 Å². The molecule has 0 spiro atoms. The number of anilines is 1. The maximum atomic E-state index is 12.0. The summed E-state index contributed by atoms with van der Waals surface area (Å²) in [6.45, 7) is 10.1. The van der Waals surface area contributed by atoms with Gasteiger partial charge in [0.05, 0.1) is 18.1 Å². The fourth-order valence-electron chi connectivity index (χ4n) is 3.15. The van der Waals surface area contributed by atoms with Crippen LogP contribution in [0.2, 0.25) is 23.4 Å². The van der Waals surface area contributed by atoms with Gasteiger partial charge in [-0.25, -0.2) is 4.98 Å². The average molecular weight is 427 g/mol. The van der Waals surface area contributed by atoms with Crippen molar-refractivity contribution in [3.63, 3.8) is 0 Å². The number of aliphatic hydroxyl groups is 1. The Balaban J connectivity index is 1.99. The van der Waals surface area contributed by atoms with Crippen LogP contribution in [-0.2, 0) is 14.0 Å². The molecule has 0 aliphatic carbocycles. The Morgan fingerprint density at radius 2 is 2.18 bits per heavy atom. The molecule has 3 rings (SSSR count). The molecular weight excluding hydrogens is 400 g/mol. The predicted octanol–water partition coefficient (Wildman–Crippen LogP) is 2.91. The van der Waals surface area contributed by atoms with Crippen LogP contribution < -0.4 is 5.73 Å². The number of nitrogen functional groups attached to an aromatic ring is 1. The molecule has 2 aromatic rings. The van der Waals surface area contributed by atoms with E-state index in [-0.39, 0.29) is 16.1 Å². The van der Waals surface area contributed by atoms with Gasteiger partial charge in [0.1, 0.15) is 17.7 Å². The Morgan fingerprint density at radius 1 is 1.50 bits per heavy atom. The summed E-state index contributed by atoms with van der Waals surface area (Å²) < 4.78 is 14.3. The van der Waals surface area contributed by atoms with Crippen LogP contribution in [0.5, 0.6) is 0 Å². The number of aliphatic hydroxyl groups excluding tert-OH is 1. The second-order valence-electron chi connectivity index (χ2n) is 8.74. The molecule has 0 radical (unpaired) electrons. The summed E-state index contributed by atoms with van der Waals surface area (Å²) in [4.78, 5) is 20.2. The van der Waals surface area contributed by atoms with Crippen molar-refractivity contribution in [3.05, 3.63) is 17.5 Å². The van der Waals surface area contributed by atoms with Crippen molar-refractivity contribution >= 4 is 43.1 Å². The molecule has 2 aromatic heterocycles. The monoisotopic (exact) mass is 426 g/mol. The first-order valence-electron chi connectivity index (χ1n) is 9.16. The molecule has 2 unspecified atom stereocenters. The van der Waals surface area contributed by atoms with Crippen LogP contribution in [0.15, 0.2) is 12.3 Å². The normalized spacial score (nSPS) is 26.1. The average Bonchev–Trinajstić information content (AvgIpc) is 3.15. The third-order valence-corrected chi connectivity index (χ3v) is 10.5. The number of fused-ring (bicyclic) bond motifs is 1. The van der Waals surface area contributed by atoms with Crippen LogP contribution >= 0.6 is 11.6 Å². The van der Waals surface area contributed by atoms with Crippen molar-refractivity contribution in [1.82, 2.24) is 14.5 Å². The van der Waals surface area contributed by atoms with Crippen molar-refractivity contribution in [2.45, 2.75) is 63.3 Å². The van der Waals surface area contributed by atoms with Gasteiger partial charge in [0.15, 0.2) is 20.2 Å². The number of hydrogen-bond acceptors (Lipinski definition) is 7. The molecule has 0 saturated carbocycles. The fraction of sp³-hybridized carbons (Fsp3) is 0.611. The summed E-state index contributed by atoms with van der Waals surface area (Å²) in [7, 11) is -2.20. The number of carbonyl (C=O) groups is 1. The molecular formula is C18H27ClN4O4Si. The molecule has 1 saturated heterocycles. The SMILES string of the molecule is CC(C)(C)[Si](C)(C)OC1CC(n2ccc3c(N)nc(Cl)nc32)O[C@]1(C=O)CO. The Bertz CT molecular complexity index is 898. The lowest BCUT2D eigenvalue weighted by molar-refractivity contribution is -0.150. The molecule has 0 amide bonds. The first kappa shape index (κ1) is 21.2. The number of nitrogens with zero attached hydrogens (tertiary/aromatic N) is 3. The maximum absolute atomic E-state index is 12.0. The fourth-order valence-corrected chi connectivity index (χ4v) is 4.68. The van der Waals surface area contributed by atoms with Crippen LogP contribution in [0.3, 0.4) is 0 Å². The van der Waals surface area contributed by atoms with Crippen molar-refractivity contribution < 1.29 is 19.1 Å². The zero-order chi connectivity index (χ0) is 20.9. The first-order chi connectivity index (χ1) is 12.9. The minimum Gasteiger partial charge on any atom is -0.410 e. The van der Waals surface area contributed by atoms with E-state index in [1.807, 2.05) is 0 Å². The number of halogens is 1. The third-order valence-electron chi connectivity index (χ3n) is 5.89. The molecule has 3 N–H and O–H groups in total. The standard InChI is InChI=1S/C18H27ClN4O4Si/c1-17(2,3)28(4,5)27-12-8-13(26-18(12,9-24)10-25)23-7-6-11-14(20)21-16(19)22-15(11)23/h6-7,9,12-13,25H,8,10H2,1-5H3,(H2,20,21,22)/t12?,13?,18-/m1/s1. The second kappa shape index (κ2) is 7.07. The minimum atomic E-state index is -2.20. The summed E-state index contributed by atoms with van der Waals surface area (Å²) in [5.74, 6) is 0.268. The smallest absolute Gasteiger partial charge is 0.226 e. The number of aromatic nitrogens is 3. The van der Waals surface area contributed by atoms with E-state index in [4.69, 9.17) is 26.5 Å². The lowest BCUT2D eigenvalue weighted by atomic mass is 10.00. The van der Waals surface area contributed by atoms with E-state index >= 15 is 0 Å². The van der Waals surface area contributed by atoms with E-state index in [0.29, 0.717) is 23.7 Å². The number of ether oxygens (including phenoxy) is 1. The van der Waals surface area contributed by atoms with Gasteiger partial charge in [-0.05, 0) is 35.8 Å². The highest BCUT2D eigenvalue weighted by Gasteiger charge is 2.53. The van der Waals surface area contributed by atoms with E-state index in [2.05, 4.69) is 43.8 Å². The summed E-state index contributed by atoms with van der Waals surface area (Å²) in [5, 5.41) is 10.6. The molecule has 10 heteroatoms. The highest BCUT2D eigenvalue weighted by Crippen LogP contribution is 2.44. The number of hydrogen-bond donors (Lipinski definition) is 2. The lowest BCUT2D eigenvalue weighted by Gasteiger charge is -2.40. The van der Waals surface area contributed by atoms with Gasteiger partial charge >= 0.3 is 0 Å². The van der Waals surface area contributed by atoms with Gasteiger partial charge in [0.25, 0.3) is 0 Å². The molecule has 1 aliphatic rings. The molecule has 0 bridgehead atoms. The number of nitrogens with two attached hydrogens (primary N) is 1. The summed E-state index contributed by atoms with van der Waals surface area (Å²) in [6, 6.07) is 1.77. The molecule has 1 fully saturated rings. The summed E-state index contributed by atoms with van der Waals surface area (Å²) in [5.41, 5.74) is 5.00. The van der Waals surface area contributed by atoms with Crippen molar-refractivity contribution in [1.29, 1.82) is 0 Å². The second-order valence-corrected chi connectivity index (χ2v) is 13.8. The zero-order valence-electron chi connectivity index (χ0n) is 16.8. The Kier molecular flexibility index (Phi) is 5.35. The molecule has 3 heterocycles. The highest BCUT2D eigenvalue weighted by atomic mass is 35.5. The van der Waals surface area contributed by atoms with Crippen LogP contribution in [0, 0.1) is 0 Å². The van der Waals surface area contributed by atoms with Crippen LogP contribution in [0.1, 0.15) is 33.4 Å². The predicted molar refractivity (Wildman–Crippen MR) is 110 cm³/mol. The molecule has 1 aliphatic heterocycles. The third kappa shape index (κ3) is 3.46. The van der Waals surface area contributed by atoms with Gasteiger partial charge in [-0.15, -0.1) is 0 Å². The number of aldehydes is 1. The molecule has 8 nitrogen and oxygen atoms in total. The molecule has 28 heavy (non-hydrogen) atoms. The Morgan fingerprint density at radius 3 is 2.75 bits per heavy atom. The largest absolute Gasteiger partial charge is 0.410 e. The zero-order valence-corrected chi connectivity index (χ0v) is 18.5. The van der Waals surface area contributed by atoms with E-state index in [0.717, 1.165) is 0 Å². The molecule has 0 aromatic carbocycles. The van der Waals surface area contributed by atoms with Crippen LogP contribution in [0.4, 0.5) is 5.82 Å². The maximum Gasteiger partial charge on any atom is 0.226 e. The Hall–Kier alpha value is -1.52. The van der Waals surface area contributed by atoms with E-state index in [1.165, 1.54) is 0 Å². The first-order valence-corrected chi connectivity index (χ1v) is 12.4. The highest BCUT2D eigenvalue weighted by molar-refractivity contribution is 6.74. The summed E-state index contributed by atoms with van der Waals surface area (Å²) in [6.07, 6.45) is 1.66. The number of rotatable bonds is 5. The molecule has 3 atom stereocenters. The van der Waals surface area contributed by atoms with Crippen LogP contribution in [0.25, 0.3) is 11.0 Å². The van der Waals surface area contributed by atoms with Gasteiger partial charge in [0.2, 0.25) is 5.28 Å². The summed E-state index contributed by atoms with van der Waals surface area (Å²) >= 11 is 5.96. The van der Waals surface area contributed by atoms with E-state index in [9.17, 15) is 9.90 Å². The topological polar surface area (TPSA) is 112 Å². The van der Waals surface area contributed by atoms with Crippen molar-refractivity contribution in [3.8, 4) is 0 Å². The van der Waals surface area contributed by atoms with Gasteiger partial charge in [-0.1, -0.05) is 20.8 Å². The van der Waals surface area contributed by atoms with Gasteiger partial charge in [-0.3, -0.25) is 4.79 Å². The van der Waals surface area contributed by atoms with Crippen LogP contribution in [-0.4, -0.2) is 52.6 Å². The van der Waals surface area contributed by atoms with Crippen molar-refractivity contribution in [2.75, 3.05) is 12.3 Å². The van der Waals surface area contributed by atoms with Gasteiger partial charge in [0, 0.05) is 12.6 Å².